The molecule has 3 aromatic rings. The molecule has 1 saturated heterocycles. The van der Waals surface area contributed by atoms with Gasteiger partial charge in [0.1, 0.15) is 6.04 Å². The standard InChI is InChI=1S/C25H27ClN4S/c1-5-19-14-31-25-28-23(21-8-6-7-13-27-21)24(30(19)25)22-15(2)16(3)29(17(22)4)20-11-9-18(26)10-12-20/h6-13,19,23-24H,5,14H2,1-4H3/t19-,23-,24+/m0/s1. The lowest BCUT2D eigenvalue weighted by Crippen LogP contribution is -2.35. The van der Waals surface area contributed by atoms with Gasteiger partial charge in [0.05, 0.1) is 11.7 Å². The second-order valence-electron chi connectivity index (χ2n) is 8.36. The van der Waals surface area contributed by atoms with Crippen LogP contribution in [0.25, 0.3) is 5.69 Å². The first-order valence-electron chi connectivity index (χ1n) is 10.9. The highest BCUT2D eigenvalue weighted by Gasteiger charge is 2.47. The minimum absolute atomic E-state index is 0.0101. The van der Waals surface area contributed by atoms with Crippen molar-refractivity contribution < 1.29 is 0 Å². The van der Waals surface area contributed by atoms with Gasteiger partial charge in [-0.15, -0.1) is 0 Å². The molecular formula is C25H27ClN4S. The number of halogens is 1. The van der Waals surface area contributed by atoms with Crippen molar-refractivity contribution in [2.75, 3.05) is 5.75 Å². The van der Waals surface area contributed by atoms with E-state index in [1.54, 1.807) is 0 Å². The first-order chi connectivity index (χ1) is 15.0. The maximum atomic E-state index is 6.16. The number of amidine groups is 1. The Morgan fingerprint density at radius 2 is 1.84 bits per heavy atom. The van der Waals surface area contributed by atoms with Crippen molar-refractivity contribution in [1.29, 1.82) is 0 Å². The van der Waals surface area contributed by atoms with E-state index in [1.807, 2.05) is 36.2 Å². The van der Waals surface area contributed by atoms with Gasteiger partial charge in [-0.1, -0.05) is 36.4 Å². The molecule has 1 fully saturated rings. The molecule has 2 aliphatic heterocycles. The molecule has 0 aliphatic carbocycles. The summed E-state index contributed by atoms with van der Waals surface area (Å²) in [4.78, 5) is 12.5. The van der Waals surface area contributed by atoms with Crippen LogP contribution in [-0.4, -0.2) is 31.4 Å². The summed E-state index contributed by atoms with van der Waals surface area (Å²) < 4.78 is 2.36. The van der Waals surface area contributed by atoms with Crippen molar-refractivity contribution in [1.82, 2.24) is 14.5 Å². The van der Waals surface area contributed by atoms with E-state index in [1.165, 1.54) is 27.7 Å². The van der Waals surface area contributed by atoms with E-state index in [9.17, 15) is 0 Å². The summed E-state index contributed by atoms with van der Waals surface area (Å²) in [6.07, 6.45) is 3.00. The van der Waals surface area contributed by atoms with E-state index < -0.39 is 0 Å². The van der Waals surface area contributed by atoms with Crippen LogP contribution in [0.3, 0.4) is 0 Å². The lowest BCUT2D eigenvalue weighted by atomic mass is 9.92. The van der Waals surface area contributed by atoms with E-state index in [0.717, 1.165) is 28.6 Å². The number of aliphatic imine (C=N–C) groups is 1. The van der Waals surface area contributed by atoms with Crippen LogP contribution in [-0.2, 0) is 0 Å². The van der Waals surface area contributed by atoms with Crippen LogP contribution in [0.4, 0.5) is 0 Å². The predicted molar refractivity (Wildman–Crippen MR) is 131 cm³/mol. The molecule has 3 atom stereocenters. The number of rotatable bonds is 4. The Morgan fingerprint density at radius 1 is 1.06 bits per heavy atom. The quantitative estimate of drug-likeness (QED) is 0.459. The molecule has 0 bridgehead atoms. The van der Waals surface area contributed by atoms with Crippen LogP contribution in [0.5, 0.6) is 0 Å². The van der Waals surface area contributed by atoms with Crippen molar-refractivity contribution in [3.63, 3.8) is 0 Å². The molecule has 0 unspecified atom stereocenters. The van der Waals surface area contributed by atoms with E-state index in [2.05, 4.69) is 61.4 Å². The van der Waals surface area contributed by atoms with E-state index in [0.29, 0.717) is 6.04 Å². The zero-order chi connectivity index (χ0) is 21.7. The fourth-order valence-corrected chi connectivity index (χ4v) is 6.55. The molecule has 0 radical (unpaired) electrons. The molecule has 1 aromatic carbocycles. The molecule has 2 aromatic heterocycles. The average Bonchev–Trinajstić information content (AvgIpc) is 3.41. The maximum absolute atomic E-state index is 6.16. The van der Waals surface area contributed by atoms with Gasteiger partial charge in [-0.05, 0) is 69.2 Å². The Balaban J connectivity index is 1.68. The third-order valence-corrected chi connectivity index (χ3v) is 8.10. The largest absolute Gasteiger partial charge is 0.338 e. The second kappa shape index (κ2) is 8.03. The number of hydrogen-bond donors (Lipinski definition) is 0. The van der Waals surface area contributed by atoms with Gasteiger partial charge in [0.2, 0.25) is 0 Å². The predicted octanol–water partition coefficient (Wildman–Crippen LogP) is 6.43. The van der Waals surface area contributed by atoms with Crippen molar-refractivity contribution >= 4 is 28.5 Å². The molecule has 5 rings (SSSR count). The van der Waals surface area contributed by atoms with E-state index in [-0.39, 0.29) is 12.1 Å². The fraction of sp³-hybridized carbons (Fsp3) is 0.360. The Kier molecular flexibility index (Phi) is 5.35. The topological polar surface area (TPSA) is 33.4 Å². The molecule has 31 heavy (non-hydrogen) atoms. The molecule has 0 spiro atoms. The average molecular weight is 451 g/mol. The number of pyridine rings is 1. The summed E-state index contributed by atoms with van der Waals surface area (Å²) in [7, 11) is 0. The Hall–Kier alpha value is -2.24. The maximum Gasteiger partial charge on any atom is 0.160 e. The van der Waals surface area contributed by atoms with Crippen LogP contribution in [0.15, 0.2) is 53.7 Å². The lowest BCUT2D eigenvalue weighted by Gasteiger charge is -2.32. The van der Waals surface area contributed by atoms with Gasteiger partial charge >= 0.3 is 0 Å². The van der Waals surface area contributed by atoms with Crippen LogP contribution < -0.4 is 0 Å². The van der Waals surface area contributed by atoms with Gasteiger partial charge in [0.25, 0.3) is 0 Å². The Bertz CT molecular complexity index is 1140. The minimum atomic E-state index is 0.0101. The van der Waals surface area contributed by atoms with Crippen LogP contribution in [0.1, 0.15) is 53.6 Å². The number of hydrogen-bond acceptors (Lipinski definition) is 4. The zero-order valence-corrected chi connectivity index (χ0v) is 19.9. The Labute approximate surface area is 193 Å². The highest BCUT2D eigenvalue weighted by molar-refractivity contribution is 8.14. The summed E-state index contributed by atoms with van der Waals surface area (Å²) in [6, 6.07) is 14.9. The fourth-order valence-electron chi connectivity index (χ4n) is 5.08. The number of aromatic nitrogens is 2. The number of thioether (sulfide) groups is 1. The van der Waals surface area contributed by atoms with Crippen LogP contribution >= 0.6 is 23.4 Å². The first-order valence-corrected chi connectivity index (χ1v) is 12.2. The van der Waals surface area contributed by atoms with Crippen LogP contribution in [0, 0.1) is 20.8 Å². The van der Waals surface area contributed by atoms with Crippen molar-refractivity contribution in [3.05, 3.63) is 81.9 Å². The molecule has 6 heteroatoms. The minimum Gasteiger partial charge on any atom is -0.338 e. The lowest BCUT2D eigenvalue weighted by molar-refractivity contribution is 0.254. The zero-order valence-electron chi connectivity index (χ0n) is 18.3. The summed E-state index contributed by atoms with van der Waals surface area (Å²) in [6.45, 7) is 8.98. The number of nitrogens with zero attached hydrogens (tertiary/aromatic N) is 4. The molecule has 0 amide bonds. The molecule has 2 aliphatic rings. The summed E-state index contributed by atoms with van der Waals surface area (Å²) in [5.41, 5.74) is 7.43. The second-order valence-corrected chi connectivity index (χ2v) is 9.78. The molecule has 0 saturated carbocycles. The Morgan fingerprint density at radius 3 is 2.52 bits per heavy atom. The van der Waals surface area contributed by atoms with E-state index in [4.69, 9.17) is 21.6 Å². The van der Waals surface area contributed by atoms with Crippen LogP contribution in [0.2, 0.25) is 5.02 Å². The molecule has 4 heterocycles. The normalized spacial score (nSPS) is 22.7. The van der Waals surface area contributed by atoms with Gasteiger partial charge < -0.3 is 9.47 Å². The summed E-state index contributed by atoms with van der Waals surface area (Å²) >= 11 is 8.05. The third kappa shape index (κ3) is 3.30. The molecule has 160 valence electrons. The summed E-state index contributed by atoms with van der Waals surface area (Å²) in [5.74, 6) is 1.11. The SMILES string of the molecule is CC[C@H]1CSC2=N[C@@H](c3ccccn3)[C@@H](c3c(C)c(C)n(-c4ccc(Cl)cc4)c3C)N21. The van der Waals surface area contributed by atoms with Gasteiger partial charge in [-0.2, -0.15) is 0 Å². The molecule has 0 N–H and O–H groups in total. The molecular weight excluding hydrogens is 424 g/mol. The van der Waals surface area contributed by atoms with E-state index >= 15 is 0 Å². The van der Waals surface area contributed by atoms with Gasteiger partial charge in [0, 0.05) is 45.7 Å². The third-order valence-electron chi connectivity index (χ3n) is 6.72. The number of fused-ring (bicyclic) bond motifs is 1. The monoisotopic (exact) mass is 450 g/mol. The van der Waals surface area contributed by atoms with Gasteiger partial charge in [-0.25, -0.2) is 0 Å². The highest BCUT2D eigenvalue weighted by Crippen LogP contribution is 2.50. The first kappa shape index (κ1) is 20.7. The smallest absolute Gasteiger partial charge is 0.160 e. The van der Waals surface area contributed by atoms with Gasteiger partial charge in [0.15, 0.2) is 5.17 Å². The van der Waals surface area contributed by atoms with Gasteiger partial charge in [-0.3, -0.25) is 9.98 Å². The van der Waals surface area contributed by atoms with Crippen molar-refractivity contribution in [2.24, 2.45) is 4.99 Å². The number of benzene rings is 1. The van der Waals surface area contributed by atoms with Crippen molar-refractivity contribution in [2.45, 2.75) is 52.2 Å². The van der Waals surface area contributed by atoms with Crippen molar-refractivity contribution in [3.8, 4) is 5.69 Å². The highest BCUT2D eigenvalue weighted by atomic mass is 35.5. The molecule has 4 nitrogen and oxygen atoms in total. The summed E-state index contributed by atoms with van der Waals surface area (Å²) in [5, 5.41) is 1.93.